The number of carbonyl (C=O) groups is 1. The number of hydrogen-bond acceptors (Lipinski definition) is 3. The lowest BCUT2D eigenvalue weighted by Crippen LogP contribution is -2.20. The van der Waals surface area contributed by atoms with Gasteiger partial charge in [-0.05, 0) is 42.4 Å². The van der Waals surface area contributed by atoms with Gasteiger partial charge in [0.05, 0.1) is 12.0 Å². The van der Waals surface area contributed by atoms with Crippen LogP contribution in [0.15, 0.2) is 12.1 Å². The van der Waals surface area contributed by atoms with Crippen LogP contribution in [0, 0.1) is 5.92 Å². The van der Waals surface area contributed by atoms with Gasteiger partial charge < -0.3 is 14.6 Å². The van der Waals surface area contributed by atoms with E-state index in [9.17, 15) is 18.0 Å². The van der Waals surface area contributed by atoms with E-state index in [1.54, 1.807) is 0 Å². The molecule has 1 fully saturated rings. The summed E-state index contributed by atoms with van der Waals surface area (Å²) in [5.74, 6) is -1.44. The molecule has 1 atom stereocenters. The fourth-order valence-electron chi connectivity index (χ4n) is 2.87. The summed E-state index contributed by atoms with van der Waals surface area (Å²) >= 11 is 0. The maximum Gasteiger partial charge on any atom is 0.416 e. The summed E-state index contributed by atoms with van der Waals surface area (Å²) in [5, 5.41) is 9.02. The maximum atomic E-state index is 13.4. The normalized spacial score (nSPS) is 18.9. The molecule has 1 heterocycles. The van der Waals surface area contributed by atoms with E-state index in [1.165, 1.54) is 6.07 Å². The highest BCUT2D eigenvalue weighted by atomic mass is 19.4. The Balaban J connectivity index is 2.08. The standard InChI is InChI=1S/C15H15F3O4/c16-15(17,18)11-7-13-12(21-3-4-22-13)5-10(11)9(6-14(19)20)8-1-2-8/h5,7-9H,1-4,6H2,(H,19,20). The third kappa shape index (κ3) is 2.98. The Morgan fingerprint density at radius 3 is 2.32 bits per heavy atom. The molecule has 1 aliphatic heterocycles. The molecule has 1 saturated carbocycles. The first-order chi connectivity index (χ1) is 10.4. The lowest BCUT2D eigenvalue weighted by molar-refractivity contribution is -0.141. The summed E-state index contributed by atoms with van der Waals surface area (Å²) in [6.07, 6.45) is -3.36. The number of rotatable bonds is 4. The Labute approximate surface area is 124 Å². The van der Waals surface area contributed by atoms with Crippen LogP contribution in [0.25, 0.3) is 0 Å². The molecule has 0 spiro atoms. The van der Waals surface area contributed by atoms with Crippen molar-refractivity contribution in [1.29, 1.82) is 0 Å². The zero-order chi connectivity index (χ0) is 15.9. The van der Waals surface area contributed by atoms with E-state index in [0.29, 0.717) is 0 Å². The lowest BCUT2D eigenvalue weighted by atomic mass is 9.87. The number of carboxylic acid groups (broad SMARTS) is 1. The third-order valence-electron chi connectivity index (χ3n) is 4.00. The van der Waals surface area contributed by atoms with E-state index in [0.717, 1.165) is 18.9 Å². The average Bonchev–Trinajstić information content (AvgIpc) is 3.26. The van der Waals surface area contributed by atoms with E-state index < -0.39 is 23.6 Å². The van der Waals surface area contributed by atoms with Crippen LogP contribution in [0.3, 0.4) is 0 Å². The highest BCUT2D eigenvalue weighted by Gasteiger charge is 2.42. The fraction of sp³-hybridized carbons (Fsp3) is 0.533. The van der Waals surface area contributed by atoms with Crippen molar-refractivity contribution in [3.63, 3.8) is 0 Å². The van der Waals surface area contributed by atoms with Crippen LogP contribution in [-0.4, -0.2) is 24.3 Å². The summed E-state index contributed by atoms with van der Waals surface area (Å²) in [5.41, 5.74) is -0.823. The van der Waals surface area contributed by atoms with E-state index in [-0.39, 0.29) is 42.6 Å². The Morgan fingerprint density at radius 1 is 1.23 bits per heavy atom. The van der Waals surface area contributed by atoms with Crippen molar-refractivity contribution in [1.82, 2.24) is 0 Å². The van der Waals surface area contributed by atoms with E-state index in [1.807, 2.05) is 0 Å². The molecule has 22 heavy (non-hydrogen) atoms. The minimum atomic E-state index is -4.56. The summed E-state index contributed by atoms with van der Waals surface area (Å²) in [7, 11) is 0. The molecule has 0 radical (unpaired) electrons. The van der Waals surface area contributed by atoms with Crippen molar-refractivity contribution in [2.75, 3.05) is 13.2 Å². The molecule has 7 heteroatoms. The minimum Gasteiger partial charge on any atom is -0.486 e. The van der Waals surface area contributed by atoms with E-state index in [2.05, 4.69) is 0 Å². The first-order valence-electron chi connectivity index (χ1n) is 7.09. The predicted molar refractivity (Wildman–Crippen MR) is 70.2 cm³/mol. The molecule has 0 saturated heterocycles. The number of benzene rings is 1. The molecule has 0 aromatic heterocycles. The molecule has 1 aromatic carbocycles. The molecule has 120 valence electrons. The van der Waals surface area contributed by atoms with Crippen LogP contribution in [0.5, 0.6) is 11.5 Å². The van der Waals surface area contributed by atoms with Gasteiger partial charge in [0.1, 0.15) is 13.2 Å². The second-order valence-corrected chi connectivity index (χ2v) is 5.62. The Hall–Kier alpha value is -1.92. The van der Waals surface area contributed by atoms with Crippen LogP contribution >= 0.6 is 0 Å². The van der Waals surface area contributed by atoms with Gasteiger partial charge in [-0.2, -0.15) is 13.2 Å². The number of aliphatic carboxylic acids is 1. The van der Waals surface area contributed by atoms with E-state index in [4.69, 9.17) is 14.6 Å². The average molecular weight is 316 g/mol. The summed E-state index contributed by atoms with van der Waals surface area (Å²) in [4.78, 5) is 11.0. The Morgan fingerprint density at radius 2 is 1.82 bits per heavy atom. The van der Waals surface area contributed by atoms with Gasteiger partial charge >= 0.3 is 12.1 Å². The van der Waals surface area contributed by atoms with Gasteiger partial charge in [0.2, 0.25) is 0 Å². The summed E-state index contributed by atoms with van der Waals surface area (Å²) in [6.45, 7) is 0.468. The Kier molecular flexibility index (Phi) is 3.66. The molecule has 3 rings (SSSR count). The molecule has 1 unspecified atom stereocenters. The number of ether oxygens (including phenoxy) is 2. The van der Waals surface area contributed by atoms with Crippen LogP contribution < -0.4 is 9.47 Å². The predicted octanol–water partition coefficient (Wildman–Crippen LogP) is 3.44. The second-order valence-electron chi connectivity index (χ2n) is 5.62. The molecular formula is C15H15F3O4. The highest BCUT2D eigenvalue weighted by molar-refractivity contribution is 5.68. The number of fused-ring (bicyclic) bond motifs is 1. The van der Waals surface area contributed by atoms with Crippen molar-refractivity contribution < 1.29 is 32.5 Å². The molecule has 1 aromatic rings. The third-order valence-corrected chi connectivity index (χ3v) is 4.00. The first kappa shape index (κ1) is 15.0. The van der Waals surface area contributed by atoms with Crippen molar-refractivity contribution in [3.05, 3.63) is 23.3 Å². The minimum absolute atomic E-state index is 0.00153. The van der Waals surface area contributed by atoms with Crippen molar-refractivity contribution in [3.8, 4) is 11.5 Å². The zero-order valence-electron chi connectivity index (χ0n) is 11.7. The number of halogens is 3. The quantitative estimate of drug-likeness (QED) is 0.924. The van der Waals surface area contributed by atoms with Gasteiger partial charge in [-0.15, -0.1) is 0 Å². The summed E-state index contributed by atoms with van der Waals surface area (Å²) < 4.78 is 50.6. The lowest BCUT2D eigenvalue weighted by Gasteiger charge is -2.25. The first-order valence-corrected chi connectivity index (χ1v) is 7.09. The molecule has 1 aliphatic carbocycles. The van der Waals surface area contributed by atoms with Crippen molar-refractivity contribution in [2.24, 2.45) is 5.92 Å². The summed E-state index contributed by atoms with van der Waals surface area (Å²) in [6, 6.07) is 2.24. The van der Waals surface area contributed by atoms with Crippen molar-refractivity contribution in [2.45, 2.75) is 31.4 Å². The molecular weight excluding hydrogens is 301 g/mol. The fourth-order valence-corrected chi connectivity index (χ4v) is 2.87. The SMILES string of the molecule is O=C(O)CC(c1cc2c(cc1C(F)(F)F)OCCO2)C1CC1. The number of alkyl halides is 3. The van der Waals surface area contributed by atoms with Gasteiger partial charge in [0, 0.05) is 0 Å². The second kappa shape index (κ2) is 5.37. The highest BCUT2D eigenvalue weighted by Crippen LogP contribution is 2.50. The molecule has 0 amide bonds. The topological polar surface area (TPSA) is 55.8 Å². The Bertz CT molecular complexity index is 593. The molecule has 4 nitrogen and oxygen atoms in total. The van der Waals surface area contributed by atoms with Gasteiger partial charge in [-0.1, -0.05) is 0 Å². The van der Waals surface area contributed by atoms with Gasteiger partial charge in [-0.25, -0.2) is 0 Å². The molecule has 1 N–H and O–H groups in total. The monoisotopic (exact) mass is 316 g/mol. The van der Waals surface area contributed by atoms with E-state index >= 15 is 0 Å². The van der Waals surface area contributed by atoms with Gasteiger partial charge in [-0.3, -0.25) is 4.79 Å². The number of carboxylic acids is 1. The smallest absolute Gasteiger partial charge is 0.416 e. The maximum absolute atomic E-state index is 13.4. The van der Waals surface area contributed by atoms with Crippen LogP contribution in [0.4, 0.5) is 13.2 Å². The van der Waals surface area contributed by atoms with Crippen LogP contribution in [0.2, 0.25) is 0 Å². The zero-order valence-corrected chi connectivity index (χ0v) is 11.7. The van der Waals surface area contributed by atoms with Crippen molar-refractivity contribution >= 4 is 5.97 Å². The largest absolute Gasteiger partial charge is 0.486 e. The van der Waals surface area contributed by atoms with Crippen LogP contribution in [0.1, 0.15) is 36.3 Å². The van der Waals surface area contributed by atoms with Gasteiger partial charge in [0.25, 0.3) is 0 Å². The van der Waals surface area contributed by atoms with Gasteiger partial charge in [0.15, 0.2) is 11.5 Å². The number of hydrogen-bond donors (Lipinski definition) is 1. The molecule has 0 bridgehead atoms. The van der Waals surface area contributed by atoms with Crippen LogP contribution in [-0.2, 0) is 11.0 Å². The molecule has 2 aliphatic rings.